The molecule has 1 amide bonds. The summed E-state index contributed by atoms with van der Waals surface area (Å²) in [6, 6.07) is 18.0. The summed E-state index contributed by atoms with van der Waals surface area (Å²) >= 11 is 1.77. The number of sulfone groups is 1. The van der Waals surface area contributed by atoms with Crippen LogP contribution >= 0.6 is 11.8 Å². The van der Waals surface area contributed by atoms with Gasteiger partial charge >= 0.3 is 0 Å². The van der Waals surface area contributed by atoms with E-state index in [0.717, 1.165) is 21.9 Å². The molecule has 2 atom stereocenters. The van der Waals surface area contributed by atoms with Gasteiger partial charge < -0.3 is 4.90 Å². The molecule has 5 nitrogen and oxygen atoms in total. The Labute approximate surface area is 170 Å². The van der Waals surface area contributed by atoms with Crippen LogP contribution in [0.15, 0.2) is 59.5 Å². The lowest BCUT2D eigenvalue weighted by atomic mass is 10.0. The second-order valence-corrected chi connectivity index (χ2v) is 10.7. The number of hydrogen-bond acceptors (Lipinski definition) is 5. The summed E-state index contributed by atoms with van der Waals surface area (Å²) in [5.74, 6) is 1.17. The van der Waals surface area contributed by atoms with E-state index >= 15 is 0 Å². The summed E-state index contributed by atoms with van der Waals surface area (Å²) in [5, 5.41) is 0. The Morgan fingerprint density at radius 3 is 2.57 bits per heavy atom. The van der Waals surface area contributed by atoms with Gasteiger partial charge in [-0.3, -0.25) is 9.69 Å². The normalized spacial score (nSPS) is 23.6. The van der Waals surface area contributed by atoms with Crippen LogP contribution in [0.5, 0.6) is 0 Å². The third-order valence-electron chi connectivity index (χ3n) is 5.50. The molecule has 2 aliphatic rings. The zero-order valence-electron chi connectivity index (χ0n) is 15.8. The molecule has 0 aromatic heterocycles. The first-order chi connectivity index (χ1) is 13.4. The first-order valence-electron chi connectivity index (χ1n) is 9.44. The highest BCUT2D eigenvalue weighted by Gasteiger charge is 2.35. The summed E-state index contributed by atoms with van der Waals surface area (Å²) in [4.78, 5) is 18.3. The zero-order chi connectivity index (χ0) is 19.7. The van der Waals surface area contributed by atoms with E-state index in [0.29, 0.717) is 6.42 Å². The second kappa shape index (κ2) is 7.89. The van der Waals surface area contributed by atoms with Gasteiger partial charge in [0.15, 0.2) is 9.84 Å². The smallest absolute Gasteiger partial charge is 0.241 e. The standard InChI is InChI=1S/C21H24N2O3S2/c1-22(17-11-12-28(25,26)15-17)13-21(24)23-18-9-5-6-10-20(18)27-14-19(23)16-7-3-2-4-8-16/h2-10,17,19H,11-15H2,1H3/t17-,19+/m1/s1. The fourth-order valence-electron chi connectivity index (χ4n) is 3.96. The third-order valence-corrected chi connectivity index (χ3v) is 8.39. The molecule has 0 N–H and O–H groups in total. The molecule has 0 bridgehead atoms. The number of carbonyl (C=O) groups is 1. The topological polar surface area (TPSA) is 57.7 Å². The number of fused-ring (bicyclic) bond motifs is 1. The number of benzene rings is 2. The van der Waals surface area contributed by atoms with Crippen LogP contribution in [0, 0.1) is 0 Å². The molecule has 4 rings (SSSR count). The van der Waals surface area contributed by atoms with Crippen LogP contribution < -0.4 is 4.90 Å². The largest absolute Gasteiger partial charge is 0.302 e. The van der Waals surface area contributed by atoms with Crippen molar-refractivity contribution in [3.05, 3.63) is 60.2 Å². The lowest BCUT2D eigenvalue weighted by Gasteiger charge is -2.38. The summed E-state index contributed by atoms with van der Waals surface area (Å²) < 4.78 is 23.6. The molecule has 0 aliphatic carbocycles. The van der Waals surface area contributed by atoms with E-state index < -0.39 is 9.84 Å². The number of thioether (sulfide) groups is 1. The maximum atomic E-state index is 13.4. The molecule has 28 heavy (non-hydrogen) atoms. The predicted octanol–water partition coefficient (Wildman–Crippen LogP) is 2.99. The summed E-state index contributed by atoms with van der Waals surface area (Å²) in [7, 11) is -1.12. The number of rotatable bonds is 4. The van der Waals surface area contributed by atoms with Gasteiger partial charge in [-0.25, -0.2) is 8.42 Å². The van der Waals surface area contributed by atoms with E-state index in [1.165, 1.54) is 0 Å². The molecule has 2 aromatic rings. The maximum Gasteiger partial charge on any atom is 0.241 e. The van der Waals surface area contributed by atoms with Crippen molar-refractivity contribution in [1.82, 2.24) is 4.90 Å². The Balaban J connectivity index is 1.60. The Morgan fingerprint density at radius 2 is 1.86 bits per heavy atom. The monoisotopic (exact) mass is 416 g/mol. The number of nitrogens with zero attached hydrogens (tertiary/aromatic N) is 2. The van der Waals surface area contributed by atoms with Gasteiger partial charge in [-0.1, -0.05) is 42.5 Å². The number of carbonyl (C=O) groups excluding carboxylic acids is 1. The highest BCUT2D eigenvalue weighted by Crippen LogP contribution is 2.43. The van der Waals surface area contributed by atoms with Crippen molar-refractivity contribution in [2.45, 2.75) is 23.4 Å². The SMILES string of the molecule is CN(CC(=O)N1c2ccccc2SC[C@H]1c1ccccc1)[C@@H]1CCS(=O)(=O)C1. The van der Waals surface area contributed by atoms with Crippen LogP contribution in [0.25, 0.3) is 0 Å². The Morgan fingerprint density at radius 1 is 1.14 bits per heavy atom. The number of hydrogen-bond donors (Lipinski definition) is 0. The average molecular weight is 417 g/mol. The molecule has 1 fully saturated rings. The molecular formula is C21H24N2O3S2. The number of anilines is 1. The Kier molecular flexibility index (Phi) is 5.49. The zero-order valence-corrected chi connectivity index (χ0v) is 17.5. The highest BCUT2D eigenvalue weighted by atomic mass is 32.2. The van der Waals surface area contributed by atoms with Crippen molar-refractivity contribution < 1.29 is 13.2 Å². The number of amides is 1. The van der Waals surface area contributed by atoms with E-state index in [9.17, 15) is 13.2 Å². The van der Waals surface area contributed by atoms with Gasteiger partial charge in [-0.2, -0.15) is 0 Å². The molecule has 7 heteroatoms. The first-order valence-corrected chi connectivity index (χ1v) is 12.2. The molecule has 2 aromatic carbocycles. The minimum absolute atomic E-state index is 0.00778. The van der Waals surface area contributed by atoms with Crippen LogP contribution in [-0.2, 0) is 14.6 Å². The molecule has 0 unspecified atom stereocenters. The minimum atomic E-state index is -2.97. The molecule has 1 saturated heterocycles. The number of likely N-dealkylation sites (N-methyl/N-ethyl adjacent to an activating group) is 1. The van der Waals surface area contributed by atoms with Crippen molar-refractivity contribution in [3.8, 4) is 0 Å². The van der Waals surface area contributed by atoms with Crippen molar-refractivity contribution in [2.75, 3.05) is 35.8 Å². The first kappa shape index (κ1) is 19.5. The van der Waals surface area contributed by atoms with E-state index in [2.05, 4.69) is 18.2 Å². The number of para-hydroxylation sites is 1. The van der Waals surface area contributed by atoms with Crippen molar-refractivity contribution in [1.29, 1.82) is 0 Å². The predicted molar refractivity (Wildman–Crippen MR) is 114 cm³/mol. The lowest BCUT2D eigenvalue weighted by molar-refractivity contribution is -0.120. The van der Waals surface area contributed by atoms with Gasteiger partial charge in [0.2, 0.25) is 5.91 Å². The van der Waals surface area contributed by atoms with Crippen LogP contribution in [0.1, 0.15) is 18.0 Å². The molecular weight excluding hydrogens is 392 g/mol. The summed E-state index contributed by atoms with van der Waals surface area (Å²) in [6.45, 7) is 0.211. The van der Waals surface area contributed by atoms with Crippen LogP contribution in [-0.4, -0.2) is 56.1 Å². The second-order valence-electron chi connectivity index (χ2n) is 7.44. The van der Waals surface area contributed by atoms with Gasteiger partial charge in [-0.15, -0.1) is 11.8 Å². The quantitative estimate of drug-likeness (QED) is 0.767. The highest BCUT2D eigenvalue weighted by molar-refractivity contribution is 7.99. The maximum absolute atomic E-state index is 13.4. The van der Waals surface area contributed by atoms with Gasteiger partial charge in [0, 0.05) is 16.7 Å². The van der Waals surface area contributed by atoms with Crippen LogP contribution in [0.3, 0.4) is 0 Å². The van der Waals surface area contributed by atoms with Crippen LogP contribution in [0.2, 0.25) is 0 Å². The molecule has 0 radical (unpaired) electrons. The van der Waals surface area contributed by atoms with Crippen LogP contribution in [0.4, 0.5) is 5.69 Å². The van der Waals surface area contributed by atoms with Crippen molar-refractivity contribution in [2.24, 2.45) is 0 Å². The van der Waals surface area contributed by atoms with Gasteiger partial charge in [0.1, 0.15) is 0 Å². The van der Waals surface area contributed by atoms with Gasteiger partial charge in [0.25, 0.3) is 0 Å². The Hall–Kier alpha value is -1.83. The van der Waals surface area contributed by atoms with Gasteiger partial charge in [-0.05, 0) is 31.2 Å². The molecule has 0 spiro atoms. The lowest BCUT2D eigenvalue weighted by Crippen LogP contribution is -2.46. The minimum Gasteiger partial charge on any atom is -0.302 e. The molecule has 148 valence electrons. The fraction of sp³-hybridized carbons (Fsp3) is 0.381. The van der Waals surface area contributed by atoms with Gasteiger partial charge in [0.05, 0.1) is 29.8 Å². The van der Waals surface area contributed by atoms with Crippen molar-refractivity contribution in [3.63, 3.8) is 0 Å². The van der Waals surface area contributed by atoms with E-state index in [-0.39, 0.29) is 36.0 Å². The van der Waals surface area contributed by atoms with E-state index in [1.807, 2.05) is 53.2 Å². The van der Waals surface area contributed by atoms with Crippen molar-refractivity contribution >= 4 is 33.2 Å². The third kappa shape index (κ3) is 3.97. The van der Waals surface area contributed by atoms with E-state index in [1.54, 1.807) is 11.8 Å². The molecule has 0 saturated carbocycles. The molecule has 2 heterocycles. The van der Waals surface area contributed by atoms with E-state index in [4.69, 9.17) is 0 Å². The fourth-order valence-corrected chi connectivity index (χ4v) is 6.93. The molecule has 2 aliphatic heterocycles. The summed E-state index contributed by atoms with van der Waals surface area (Å²) in [5.41, 5.74) is 2.05. The average Bonchev–Trinajstić information content (AvgIpc) is 3.07. The summed E-state index contributed by atoms with van der Waals surface area (Å²) in [6.07, 6.45) is 0.598. The Bertz CT molecular complexity index is 963.